The fraction of sp³-hybridized carbons (Fsp3) is 0. The molecule has 2 rings (SSSR count). The predicted octanol–water partition coefficient (Wildman–Crippen LogP) is 1.60. The largest absolute Gasteiger partial charge is 0.378 e. The van der Waals surface area contributed by atoms with Crippen molar-refractivity contribution >= 4 is 27.6 Å². The van der Waals surface area contributed by atoms with Crippen LogP contribution in [-0.4, -0.2) is 19.3 Å². The summed E-state index contributed by atoms with van der Waals surface area (Å²) in [6.45, 7) is 0. The van der Waals surface area contributed by atoms with Crippen LogP contribution in [0.2, 0.25) is 5.15 Å². The monoisotopic (exact) mass is 312 g/mol. The van der Waals surface area contributed by atoms with Gasteiger partial charge < -0.3 is 9.92 Å². The van der Waals surface area contributed by atoms with E-state index in [4.69, 9.17) is 21.5 Å². The fourth-order valence-electron chi connectivity index (χ4n) is 1.42. The van der Waals surface area contributed by atoms with E-state index >= 15 is 0 Å². The number of primary amides is 1. The van der Waals surface area contributed by atoms with Gasteiger partial charge in [-0.3, -0.25) is 4.79 Å². The van der Waals surface area contributed by atoms with Crippen LogP contribution in [-0.2, 0) is 10.1 Å². The van der Waals surface area contributed by atoms with Crippen molar-refractivity contribution in [3.05, 3.63) is 53.3 Å². The molecule has 0 atom stereocenters. The van der Waals surface area contributed by atoms with E-state index in [1.54, 1.807) is 6.07 Å². The van der Waals surface area contributed by atoms with Crippen LogP contribution in [0.25, 0.3) is 0 Å². The molecule has 2 aromatic rings. The van der Waals surface area contributed by atoms with Crippen molar-refractivity contribution < 1.29 is 17.4 Å². The Labute approximate surface area is 120 Å². The van der Waals surface area contributed by atoms with Crippen LogP contribution in [0.15, 0.2) is 47.5 Å². The van der Waals surface area contributed by atoms with Crippen LogP contribution >= 0.6 is 11.6 Å². The Bertz CT molecular complexity index is 744. The molecule has 1 heterocycles. The van der Waals surface area contributed by atoms with E-state index in [1.807, 2.05) is 0 Å². The van der Waals surface area contributed by atoms with Crippen molar-refractivity contribution in [3.8, 4) is 5.75 Å². The van der Waals surface area contributed by atoms with Crippen LogP contribution in [0.5, 0.6) is 5.75 Å². The third kappa shape index (κ3) is 3.06. The molecule has 2 N–H and O–H groups in total. The van der Waals surface area contributed by atoms with Gasteiger partial charge in [-0.2, -0.15) is 8.42 Å². The molecule has 0 aliphatic rings. The smallest absolute Gasteiger partial charge is 0.340 e. The van der Waals surface area contributed by atoms with E-state index in [1.165, 1.54) is 30.3 Å². The highest BCUT2D eigenvalue weighted by molar-refractivity contribution is 7.87. The van der Waals surface area contributed by atoms with Crippen molar-refractivity contribution in [1.29, 1.82) is 0 Å². The summed E-state index contributed by atoms with van der Waals surface area (Å²) in [4.78, 5) is 14.7. The Morgan fingerprint density at radius 1 is 1.20 bits per heavy atom. The van der Waals surface area contributed by atoms with Crippen molar-refractivity contribution in [2.24, 2.45) is 5.73 Å². The van der Waals surface area contributed by atoms with Gasteiger partial charge in [0.2, 0.25) is 0 Å². The zero-order valence-corrected chi connectivity index (χ0v) is 11.6. The van der Waals surface area contributed by atoms with Crippen molar-refractivity contribution in [1.82, 2.24) is 4.98 Å². The molecule has 0 aliphatic carbocycles. The first-order valence-corrected chi connectivity index (χ1v) is 7.13. The predicted molar refractivity (Wildman–Crippen MR) is 72.0 cm³/mol. The highest BCUT2D eigenvalue weighted by atomic mass is 35.5. The van der Waals surface area contributed by atoms with Crippen LogP contribution in [0.4, 0.5) is 0 Å². The summed E-state index contributed by atoms with van der Waals surface area (Å²) in [6.07, 6.45) is 1.06. The highest BCUT2D eigenvalue weighted by Gasteiger charge is 2.20. The number of rotatable bonds is 4. The number of halogens is 1. The van der Waals surface area contributed by atoms with E-state index < -0.39 is 16.0 Å². The third-order valence-corrected chi connectivity index (χ3v) is 3.78. The zero-order chi connectivity index (χ0) is 14.8. The molecule has 104 valence electrons. The van der Waals surface area contributed by atoms with Crippen LogP contribution in [0.1, 0.15) is 10.4 Å². The minimum Gasteiger partial charge on any atom is -0.378 e. The molecule has 1 amide bonds. The van der Waals surface area contributed by atoms with Crippen molar-refractivity contribution in [3.63, 3.8) is 0 Å². The second kappa shape index (κ2) is 5.48. The van der Waals surface area contributed by atoms with E-state index in [-0.39, 0.29) is 21.4 Å². The van der Waals surface area contributed by atoms with Gasteiger partial charge in [0.1, 0.15) is 10.0 Å². The van der Waals surface area contributed by atoms with E-state index in [0.717, 1.165) is 6.20 Å². The summed E-state index contributed by atoms with van der Waals surface area (Å²) in [5.41, 5.74) is 5.12. The van der Waals surface area contributed by atoms with Gasteiger partial charge in [-0.25, -0.2) is 4.98 Å². The summed E-state index contributed by atoms with van der Waals surface area (Å²) in [5, 5.41) is 0.154. The molecule has 0 bridgehead atoms. The molecule has 1 aromatic carbocycles. The molecule has 6 nitrogen and oxygen atoms in total. The highest BCUT2D eigenvalue weighted by Crippen LogP contribution is 2.22. The number of carbonyl (C=O) groups excluding carboxylic acids is 1. The van der Waals surface area contributed by atoms with Gasteiger partial charge in [-0.1, -0.05) is 23.7 Å². The zero-order valence-electron chi connectivity index (χ0n) is 9.99. The minimum absolute atomic E-state index is 0.0296. The summed E-state index contributed by atoms with van der Waals surface area (Å²) in [6, 6.07) is 8.34. The SMILES string of the molecule is NC(=O)c1ccccc1OS(=O)(=O)c1ccc(Cl)nc1. The molecule has 0 saturated carbocycles. The average molecular weight is 313 g/mol. The lowest BCUT2D eigenvalue weighted by atomic mass is 10.2. The summed E-state index contributed by atoms with van der Waals surface area (Å²) < 4.78 is 29.0. The third-order valence-electron chi connectivity index (χ3n) is 2.34. The molecular formula is C12H9ClN2O4S. The Hall–Kier alpha value is -2.12. The number of aromatic nitrogens is 1. The van der Waals surface area contributed by atoms with Crippen LogP contribution < -0.4 is 9.92 Å². The summed E-state index contributed by atoms with van der Waals surface area (Å²) in [7, 11) is -4.12. The molecular weight excluding hydrogens is 304 g/mol. The maximum absolute atomic E-state index is 12.0. The van der Waals surface area contributed by atoms with Gasteiger partial charge in [-0.05, 0) is 24.3 Å². The number of para-hydroxylation sites is 1. The van der Waals surface area contributed by atoms with E-state index in [9.17, 15) is 13.2 Å². The summed E-state index contributed by atoms with van der Waals surface area (Å²) in [5.74, 6) is -0.931. The lowest BCUT2D eigenvalue weighted by molar-refractivity contribution is 0.0999. The standard InChI is InChI=1S/C12H9ClN2O4S/c13-11-6-5-8(7-15-11)20(17,18)19-10-4-2-1-3-9(10)12(14)16/h1-7H,(H2,14,16). The van der Waals surface area contributed by atoms with Crippen LogP contribution in [0.3, 0.4) is 0 Å². The molecule has 0 aliphatic heterocycles. The number of amides is 1. The number of nitrogens with zero attached hydrogens (tertiary/aromatic N) is 1. The first-order chi connectivity index (χ1) is 9.40. The molecule has 0 saturated heterocycles. The Morgan fingerprint density at radius 3 is 2.50 bits per heavy atom. The second-order valence-electron chi connectivity index (χ2n) is 3.71. The van der Waals surface area contributed by atoms with Gasteiger partial charge in [0.25, 0.3) is 5.91 Å². The lowest BCUT2D eigenvalue weighted by Gasteiger charge is -2.09. The molecule has 8 heteroatoms. The topological polar surface area (TPSA) is 99.4 Å². The van der Waals surface area contributed by atoms with E-state index in [0.29, 0.717) is 0 Å². The molecule has 1 aromatic heterocycles. The Kier molecular flexibility index (Phi) is 3.91. The fourth-order valence-corrected chi connectivity index (χ4v) is 2.43. The molecule has 0 unspecified atom stereocenters. The summed E-state index contributed by atoms with van der Waals surface area (Å²) >= 11 is 5.58. The van der Waals surface area contributed by atoms with Gasteiger partial charge in [-0.15, -0.1) is 0 Å². The van der Waals surface area contributed by atoms with Crippen molar-refractivity contribution in [2.75, 3.05) is 0 Å². The van der Waals surface area contributed by atoms with E-state index in [2.05, 4.69) is 4.98 Å². The Morgan fingerprint density at radius 2 is 1.90 bits per heavy atom. The molecule has 0 fully saturated rings. The van der Waals surface area contributed by atoms with Gasteiger partial charge in [0.15, 0.2) is 5.75 Å². The normalized spacial score (nSPS) is 11.1. The number of hydrogen-bond acceptors (Lipinski definition) is 5. The maximum atomic E-state index is 12.0. The number of benzene rings is 1. The van der Waals surface area contributed by atoms with Gasteiger partial charge in [0, 0.05) is 0 Å². The number of hydrogen-bond donors (Lipinski definition) is 1. The minimum atomic E-state index is -4.12. The first kappa shape index (κ1) is 14.3. The number of carbonyl (C=O) groups is 1. The quantitative estimate of drug-likeness (QED) is 0.683. The van der Waals surface area contributed by atoms with Gasteiger partial charge >= 0.3 is 10.1 Å². The second-order valence-corrected chi connectivity index (χ2v) is 5.65. The first-order valence-electron chi connectivity index (χ1n) is 5.35. The maximum Gasteiger partial charge on any atom is 0.340 e. The molecule has 0 spiro atoms. The van der Waals surface area contributed by atoms with Gasteiger partial charge in [0.05, 0.1) is 11.8 Å². The van der Waals surface area contributed by atoms with Crippen LogP contribution in [0, 0.1) is 0 Å². The van der Waals surface area contributed by atoms with Crippen molar-refractivity contribution in [2.45, 2.75) is 4.90 Å². The Balaban J connectivity index is 2.38. The molecule has 0 radical (unpaired) electrons. The lowest BCUT2D eigenvalue weighted by Crippen LogP contribution is -2.16. The number of pyridine rings is 1. The average Bonchev–Trinajstić information content (AvgIpc) is 2.39. The molecule has 20 heavy (non-hydrogen) atoms. The number of nitrogens with two attached hydrogens (primary N) is 1.